The Balaban J connectivity index is 1.24. The number of ether oxygens (including phenoxy) is 2. The lowest BCUT2D eigenvalue weighted by Gasteiger charge is -2.25. The summed E-state index contributed by atoms with van der Waals surface area (Å²) in [6.07, 6.45) is 5.37. The minimum absolute atomic E-state index is 0.313. The molecule has 1 saturated heterocycles. The molecule has 2 aromatic carbocycles. The molecule has 0 bridgehead atoms. The first-order chi connectivity index (χ1) is 18.7. The van der Waals surface area contributed by atoms with E-state index in [0.717, 1.165) is 58.6 Å². The second-order valence-corrected chi connectivity index (χ2v) is 11.6. The van der Waals surface area contributed by atoms with Gasteiger partial charge in [-0.1, -0.05) is 12.1 Å². The lowest BCUT2D eigenvalue weighted by atomic mass is 10.1. The van der Waals surface area contributed by atoms with Crippen molar-refractivity contribution >= 4 is 22.8 Å². The van der Waals surface area contributed by atoms with Crippen LogP contribution in [0.4, 0.5) is 10.5 Å². The minimum atomic E-state index is -0.541. The van der Waals surface area contributed by atoms with Gasteiger partial charge in [0, 0.05) is 42.5 Å². The van der Waals surface area contributed by atoms with Crippen molar-refractivity contribution in [1.82, 2.24) is 19.4 Å². The normalized spacial score (nSPS) is 17.5. The molecule has 8 nitrogen and oxygen atoms in total. The molecule has 0 aliphatic carbocycles. The Kier molecular flexibility index (Phi) is 6.51. The van der Waals surface area contributed by atoms with Crippen LogP contribution in [0, 0.1) is 5.92 Å². The highest BCUT2D eigenvalue weighted by Gasteiger charge is 2.29. The Labute approximate surface area is 229 Å². The van der Waals surface area contributed by atoms with Crippen LogP contribution in [0.5, 0.6) is 5.88 Å². The summed E-state index contributed by atoms with van der Waals surface area (Å²) in [4.78, 5) is 26.1. The topological polar surface area (TPSA) is 72.7 Å². The summed E-state index contributed by atoms with van der Waals surface area (Å²) < 4.78 is 13.7. The van der Waals surface area contributed by atoms with E-state index in [1.54, 1.807) is 4.90 Å². The van der Waals surface area contributed by atoms with Gasteiger partial charge in [0.15, 0.2) is 0 Å². The molecule has 2 aliphatic rings. The molecule has 0 N–H and O–H groups in total. The maximum absolute atomic E-state index is 12.8. The van der Waals surface area contributed by atoms with E-state index in [2.05, 4.69) is 62.9 Å². The fraction of sp³-hybridized carbons (Fsp3) is 0.387. The number of hydrogen-bond acceptors (Lipinski definition) is 6. The molecule has 202 valence electrons. The summed E-state index contributed by atoms with van der Waals surface area (Å²) in [5, 5.41) is 0. The predicted molar refractivity (Wildman–Crippen MR) is 153 cm³/mol. The molecule has 1 unspecified atom stereocenters. The molecule has 1 atom stereocenters. The van der Waals surface area contributed by atoms with E-state index >= 15 is 0 Å². The highest BCUT2D eigenvalue weighted by molar-refractivity contribution is 5.91. The molecule has 6 rings (SSSR count). The number of rotatable bonds is 5. The first-order valence-corrected chi connectivity index (χ1v) is 13.6. The molecular formula is C31H35N5O3. The van der Waals surface area contributed by atoms with Crippen molar-refractivity contribution in [3.63, 3.8) is 0 Å². The van der Waals surface area contributed by atoms with Gasteiger partial charge in [-0.2, -0.15) is 0 Å². The number of anilines is 1. The smallest absolute Gasteiger partial charge is 0.414 e. The first-order valence-electron chi connectivity index (χ1n) is 13.6. The van der Waals surface area contributed by atoms with Gasteiger partial charge in [-0.25, -0.2) is 14.8 Å². The number of pyridine rings is 1. The fourth-order valence-corrected chi connectivity index (χ4v) is 5.42. The maximum Gasteiger partial charge on any atom is 0.414 e. The Morgan fingerprint density at radius 3 is 2.62 bits per heavy atom. The maximum atomic E-state index is 12.8. The van der Waals surface area contributed by atoms with Crippen molar-refractivity contribution in [2.24, 2.45) is 5.92 Å². The Morgan fingerprint density at radius 2 is 1.87 bits per heavy atom. The summed E-state index contributed by atoms with van der Waals surface area (Å²) >= 11 is 0. The van der Waals surface area contributed by atoms with Gasteiger partial charge < -0.3 is 14.4 Å². The minimum Gasteiger partial charge on any atom is -0.477 e. The lowest BCUT2D eigenvalue weighted by Crippen LogP contribution is -2.35. The van der Waals surface area contributed by atoms with Gasteiger partial charge >= 0.3 is 6.09 Å². The van der Waals surface area contributed by atoms with Gasteiger partial charge in [-0.15, -0.1) is 0 Å². The monoisotopic (exact) mass is 525 g/mol. The molecule has 2 aromatic heterocycles. The lowest BCUT2D eigenvalue weighted by molar-refractivity contribution is 0.0584. The molecule has 4 heterocycles. The van der Waals surface area contributed by atoms with E-state index in [-0.39, 0.29) is 6.09 Å². The largest absolute Gasteiger partial charge is 0.477 e. The zero-order valence-electron chi connectivity index (χ0n) is 23.1. The van der Waals surface area contributed by atoms with Crippen LogP contribution in [-0.4, -0.2) is 64.4 Å². The van der Waals surface area contributed by atoms with Crippen LogP contribution >= 0.6 is 0 Å². The van der Waals surface area contributed by atoms with E-state index in [9.17, 15) is 4.79 Å². The molecule has 2 aliphatic heterocycles. The second kappa shape index (κ2) is 10.0. The van der Waals surface area contributed by atoms with E-state index in [1.165, 1.54) is 6.42 Å². The highest BCUT2D eigenvalue weighted by atomic mass is 16.6. The molecule has 0 spiro atoms. The zero-order chi connectivity index (χ0) is 27.1. The molecule has 0 saturated carbocycles. The second-order valence-electron chi connectivity index (χ2n) is 11.6. The number of carbonyl (C=O) groups is 1. The summed E-state index contributed by atoms with van der Waals surface area (Å²) in [6, 6.07) is 16.5. The van der Waals surface area contributed by atoms with Crippen LogP contribution in [-0.2, 0) is 11.2 Å². The van der Waals surface area contributed by atoms with Crippen LogP contribution in [0.1, 0.15) is 32.8 Å². The molecule has 39 heavy (non-hydrogen) atoms. The third-order valence-corrected chi connectivity index (χ3v) is 7.43. The third kappa shape index (κ3) is 5.34. The number of amides is 1. The van der Waals surface area contributed by atoms with E-state index < -0.39 is 5.60 Å². The SMILES string of the molecule is CN1CCC(COc2ccc(-c3ccc4ncn(-c5ccc6c(c5)N(C(=O)OC(C)(C)C)CC6)c4c3)cn2)C1. The van der Waals surface area contributed by atoms with Gasteiger partial charge in [-0.05, 0) is 88.7 Å². The average Bonchev–Trinajstić information content (AvgIpc) is 3.64. The van der Waals surface area contributed by atoms with E-state index in [0.29, 0.717) is 24.9 Å². The van der Waals surface area contributed by atoms with Crippen molar-refractivity contribution in [2.75, 3.05) is 38.2 Å². The molecular weight excluding hydrogens is 490 g/mol. The number of carbonyl (C=O) groups excluding carboxylic acids is 1. The number of likely N-dealkylation sites (tertiary alicyclic amines) is 1. The molecule has 1 amide bonds. The standard InChI is InChI=1S/C31H35N5O3/c1-31(2,3)39-30(37)35-14-12-22-5-8-25(16-27(22)35)36-20-33-26-9-6-23(15-28(26)36)24-7-10-29(32-17-24)38-19-21-11-13-34(4)18-21/h5-10,15-17,20-21H,11-14,18-19H2,1-4H3. The average molecular weight is 526 g/mol. The Bertz CT molecular complexity index is 1510. The summed E-state index contributed by atoms with van der Waals surface area (Å²) in [6.45, 7) is 9.19. The van der Waals surface area contributed by atoms with Gasteiger partial charge in [0.25, 0.3) is 0 Å². The van der Waals surface area contributed by atoms with Crippen molar-refractivity contribution in [3.05, 3.63) is 66.6 Å². The molecule has 8 heteroatoms. The summed E-state index contributed by atoms with van der Waals surface area (Å²) in [5.74, 6) is 1.22. The quantitative estimate of drug-likeness (QED) is 0.332. The van der Waals surface area contributed by atoms with Crippen LogP contribution in [0.2, 0.25) is 0 Å². The summed E-state index contributed by atoms with van der Waals surface area (Å²) in [7, 11) is 2.15. The highest BCUT2D eigenvalue weighted by Crippen LogP contribution is 2.33. The fourth-order valence-electron chi connectivity index (χ4n) is 5.42. The molecule has 0 radical (unpaired) electrons. The number of imidazole rings is 1. The van der Waals surface area contributed by atoms with Crippen molar-refractivity contribution in [1.29, 1.82) is 0 Å². The van der Waals surface area contributed by atoms with Gasteiger partial charge in [-0.3, -0.25) is 9.47 Å². The van der Waals surface area contributed by atoms with Crippen molar-refractivity contribution < 1.29 is 14.3 Å². The number of hydrogen-bond donors (Lipinski definition) is 0. The molecule has 1 fully saturated rings. The molecule has 4 aromatic rings. The van der Waals surface area contributed by atoms with Gasteiger partial charge in [0.2, 0.25) is 5.88 Å². The number of fused-ring (bicyclic) bond motifs is 2. The van der Waals surface area contributed by atoms with Crippen molar-refractivity contribution in [3.8, 4) is 22.7 Å². The van der Waals surface area contributed by atoms with Gasteiger partial charge in [0.1, 0.15) is 11.9 Å². The number of aromatic nitrogens is 3. The van der Waals surface area contributed by atoms with Crippen LogP contribution < -0.4 is 9.64 Å². The van der Waals surface area contributed by atoms with E-state index in [1.807, 2.05) is 45.4 Å². The predicted octanol–water partition coefficient (Wildman–Crippen LogP) is 5.72. The number of benzene rings is 2. The number of nitrogens with zero attached hydrogens (tertiary/aromatic N) is 5. The Hall–Kier alpha value is -3.91. The van der Waals surface area contributed by atoms with Crippen LogP contribution in [0.3, 0.4) is 0 Å². The first kappa shape index (κ1) is 25.4. The van der Waals surface area contributed by atoms with E-state index in [4.69, 9.17) is 9.47 Å². The van der Waals surface area contributed by atoms with Gasteiger partial charge in [0.05, 0.1) is 23.3 Å². The third-order valence-electron chi connectivity index (χ3n) is 7.43. The summed E-state index contributed by atoms with van der Waals surface area (Å²) in [5.41, 5.74) is 6.40. The Morgan fingerprint density at radius 1 is 1.03 bits per heavy atom. The van der Waals surface area contributed by atoms with Crippen LogP contribution in [0.15, 0.2) is 61.1 Å². The van der Waals surface area contributed by atoms with Crippen molar-refractivity contribution in [2.45, 2.75) is 39.2 Å². The zero-order valence-corrected chi connectivity index (χ0v) is 23.1. The van der Waals surface area contributed by atoms with Crippen LogP contribution in [0.25, 0.3) is 27.8 Å².